The molecule has 2 heterocycles. The van der Waals surface area contributed by atoms with Crippen LogP contribution < -0.4 is 10.6 Å². The first-order valence-electron chi connectivity index (χ1n) is 10.2. The number of Topliss-reactive ketones (excluding diaryl/α,β-unsaturated/α-hetero) is 1. The standard InChI is InChI=1S/C23H21F3N4O2/c24-23(25,26)8-11-28-22(32)15-12-17-19(18(31)13-15)21(29-16-4-2-1-3-5-16)20(30-17)14-6-9-27-10-7-14/h1-7,9-10,15,29-30H,8,11-13H2,(H,28,32). The number of pyridine rings is 1. The number of hydrogen-bond acceptors (Lipinski definition) is 4. The van der Waals surface area contributed by atoms with Crippen molar-refractivity contribution in [3.63, 3.8) is 0 Å². The Bertz CT molecular complexity index is 1110. The second kappa shape index (κ2) is 8.86. The summed E-state index contributed by atoms with van der Waals surface area (Å²) in [6.45, 7) is -0.506. The van der Waals surface area contributed by atoms with Crippen LogP contribution in [0.2, 0.25) is 0 Å². The number of para-hydroxylation sites is 1. The molecule has 32 heavy (non-hydrogen) atoms. The van der Waals surface area contributed by atoms with Gasteiger partial charge in [0.1, 0.15) is 0 Å². The molecule has 1 aromatic carbocycles. The van der Waals surface area contributed by atoms with Crippen LogP contribution in [0.3, 0.4) is 0 Å². The molecule has 9 heteroatoms. The number of hydrogen-bond donors (Lipinski definition) is 3. The molecule has 3 aromatic rings. The summed E-state index contributed by atoms with van der Waals surface area (Å²) in [6.07, 6.45) is -2.01. The normalized spacial score (nSPS) is 15.8. The lowest BCUT2D eigenvalue weighted by atomic mass is 9.85. The number of benzene rings is 1. The topological polar surface area (TPSA) is 86.9 Å². The fourth-order valence-electron chi connectivity index (χ4n) is 3.84. The summed E-state index contributed by atoms with van der Waals surface area (Å²) in [5.74, 6) is -1.51. The molecular formula is C23H21F3N4O2. The summed E-state index contributed by atoms with van der Waals surface area (Å²) in [4.78, 5) is 32.8. The summed E-state index contributed by atoms with van der Waals surface area (Å²) < 4.78 is 37.1. The van der Waals surface area contributed by atoms with Crippen molar-refractivity contribution in [2.24, 2.45) is 5.92 Å². The highest BCUT2D eigenvalue weighted by Crippen LogP contribution is 2.39. The first-order chi connectivity index (χ1) is 15.3. The predicted molar refractivity (Wildman–Crippen MR) is 114 cm³/mol. The number of aromatic nitrogens is 2. The van der Waals surface area contributed by atoms with Crippen LogP contribution in [0.25, 0.3) is 11.3 Å². The number of aromatic amines is 1. The Balaban J connectivity index is 1.63. The highest BCUT2D eigenvalue weighted by molar-refractivity contribution is 6.09. The van der Waals surface area contributed by atoms with Crippen molar-refractivity contribution in [2.75, 3.05) is 11.9 Å². The van der Waals surface area contributed by atoms with Crippen molar-refractivity contribution in [3.05, 3.63) is 66.1 Å². The Kier molecular flexibility index (Phi) is 5.98. The lowest BCUT2D eigenvalue weighted by molar-refractivity contribution is -0.136. The van der Waals surface area contributed by atoms with Crippen LogP contribution in [0.15, 0.2) is 54.9 Å². The van der Waals surface area contributed by atoms with Crippen LogP contribution in [0, 0.1) is 5.92 Å². The van der Waals surface area contributed by atoms with E-state index in [0.717, 1.165) is 11.3 Å². The van der Waals surface area contributed by atoms with Crippen LogP contribution in [0.4, 0.5) is 24.5 Å². The molecule has 2 aromatic heterocycles. The molecular weight excluding hydrogens is 421 g/mol. The van der Waals surface area contributed by atoms with Gasteiger partial charge in [-0.25, -0.2) is 0 Å². The number of halogens is 3. The molecule has 0 fully saturated rings. The zero-order chi connectivity index (χ0) is 22.7. The lowest BCUT2D eigenvalue weighted by Gasteiger charge is -2.21. The van der Waals surface area contributed by atoms with E-state index >= 15 is 0 Å². The smallest absolute Gasteiger partial charge is 0.356 e. The number of alkyl halides is 3. The third-order valence-corrected chi connectivity index (χ3v) is 5.33. The molecule has 0 bridgehead atoms. The molecule has 0 radical (unpaired) electrons. The highest BCUT2D eigenvalue weighted by atomic mass is 19.4. The Labute approximate surface area is 182 Å². The molecule has 4 rings (SSSR count). The van der Waals surface area contributed by atoms with Gasteiger partial charge in [-0.15, -0.1) is 0 Å². The molecule has 1 amide bonds. The summed E-state index contributed by atoms with van der Waals surface area (Å²) in [7, 11) is 0. The monoisotopic (exact) mass is 442 g/mol. The molecule has 166 valence electrons. The fourth-order valence-corrected chi connectivity index (χ4v) is 3.84. The van der Waals surface area contributed by atoms with Gasteiger partial charge in [0.25, 0.3) is 0 Å². The molecule has 0 saturated heterocycles. The zero-order valence-corrected chi connectivity index (χ0v) is 17.0. The number of fused-ring (bicyclic) bond motifs is 1. The maximum absolute atomic E-state index is 13.1. The minimum Gasteiger partial charge on any atom is -0.356 e. The Morgan fingerprint density at radius 2 is 1.81 bits per heavy atom. The molecule has 1 aliphatic rings. The van der Waals surface area contributed by atoms with Gasteiger partial charge in [-0.3, -0.25) is 14.6 Å². The van der Waals surface area contributed by atoms with E-state index in [-0.39, 0.29) is 18.6 Å². The summed E-state index contributed by atoms with van der Waals surface area (Å²) in [6, 6.07) is 13.0. The van der Waals surface area contributed by atoms with E-state index in [0.29, 0.717) is 22.6 Å². The van der Waals surface area contributed by atoms with Gasteiger partial charge in [0.15, 0.2) is 5.78 Å². The van der Waals surface area contributed by atoms with Crippen LogP contribution in [-0.4, -0.2) is 34.4 Å². The average molecular weight is 442 g/mol. The molecule has 0 aliphatic heterocycles. The van der Waals surface area contributed by atoms with E-state index in [4.69, 9.17) is 0 Å². The molecule has 0 saturated carbocycles. The second-order valence-electron chi connectivity index (χ2n) is 7.64. The Morgan fingerprint density at radius 1 is 1.09 bits per heavy atom. The summed E-state index contributed by atoms with van der Waals surface area (Å²) in [5, 5.41) is 5.61. The van der Waals surface area contributed by atoms with E-state index in [2.05, 4.69) is 20.6 Å². The van der Waals surface area contributed by atoms with Gasteiger partial charge < -0.3 is 15.6 Å². The van der Waals surface area contributed by atoms with Crippen molar-refractivity contribution >= 4 is 23.1 Å². The van der Waals surface area contributed by atoms with Crippen molar-refractivity contribution < 1.29 is 22.8 Å². The molecule has 1 unspecified atom stereocenters. The first kappa shape index (κ1) is 21.6. The van der Waals surface area contributed by atoms with Gasteiger partial charge in [-0.05, 0) is 24.3 Å². The quantitative estimate of drug-likeness (QED) is 0.519. The number of rotatable bonds is 6. The molecule has 0 spiro atoms. The Morgan fingerprint density at radius 3 is 2.50 bits per heavy atom. The molecule has 1 atom stereocenters. The van der Waals surface area contributed by atoms with Gasteiger partial charge in [-0.1, -0.05) is 18.2 Å². The number of nitrogens with zero attached hydrogens (tertiary/aromatic N) is 1. The number of anilines is 2. The predicted octanol–water partition coefficient (Wildman–Crippen LogP) is 4.63. The number of H-pyrrole nitrogens is 1. The van der Waals surface area contributed by atoms with E-state index in [1.165, 1.54) is 0 Å². The number of carbonyl (C=O) groups excluding carboxylic acids is 2. The summed E-state index contributed by atoms with van der Waals surface area (Å²) >= 11 is 0. The van der Waals surface area contributed by atoms with E-state index in [1.807, 2.05) is 30.3 Å². The number of nitrogens with one attached hydrogen (secondary N) is 3. The van der Waals surface area contributed by atoms with E-state index in [1.54, 1.807) is 24.5 Å². The molecule has 6 nitrogen and oxygen atoms in total. The van der Waals surface area contributed by atoms with E-state index < -0.39 is 31.0 Å². The third kappa shape index (κ3) is 4.82. The maximum atomic E-state index is 13.1. The SMILES string of the molecule is O=C1CC(C(=O)NCCC(F)(F)F)Cc2[nH]c(-c3ccncc3)c(Nc3ccccc3)c21. The maximum Gasteiger partial charge on any atom is 0.390 e. The minimum absolute atomic E-state index is 0.0675. The van der Waals surface area contributed by atoms with Crippen LogP contribution in [0.5, 0.6) is 0 Å². The molecule has 1 aliphatic carbocycles. The lowest BCUT2D eigenvalue weighted by Crippen LogP contribution is -2.37. The van der Waals surface area contributed by atoms with Gasteiger partial charge in [0.2, 0.25) is 5.91 Å². The van der Waals surface area contributed by atoms with Gasteiger partial charge in [-0.2, -0.15) is 13.2 Å². The largest absolute Gasteiger partial charge is 0.390 e. The Hall–Kier alpha value is -3.62. The van der Waals surface area contributed by atoms with Crippen molar-refractivity contribution in [2.45, 2.75) is 25.4 Å². The number of ketones is 1. The van der Waals surface area contributed by atoms with Gasteiger partial charge >= 0.3 is 6.18 Å². The first-order valence-corrected chi connectivity index (χ1v) is 10.2. The fraction of sp³-hybridized carbons (Fsp3) is 0.261. The van der Waals surface area contributed by atoms with Crippen LogP contribution in [0.1, 0.15) is 28.9 Å². The van der Waals surface area contributed by atoms with Crippen molar-refractivity contribution in [3.8, 4) is 11.3 Å². The third-order valence-electron chi connectivity index (χ3n) is 5.33. The number of carbonyl (C=O) groups is 2. The van der Waals surface area contributed by atoms with Crippen LogP contribution >= 0.6 is 0 Å². The second-order valence-corrected chi connectivity index (χ2v) is 7.64. The van der Waals surface area contributed by atoms with Crippen molar-refractivity contribution in [1.29, 1.82) is 0 Å². The molecule has 3 N–H and O–H groups in total. The summed E-state index contributed by atoms with van der Waals surface area (Å²) in [5.41, 5.74) is 3.96. The van der Waals surface area contributed by atoms with Crippen molar-refractivity contribution in [1.82, 2.24) is 15.3 Å². The van der Waals surface area contributed by atoms with Gasteiger partial charge in [0.05, 0.1) is 29.3 Å². The number of amides is 1. The average Bonchev–Trinajstić information content (AvgIpc) is 3.13. The minimum atomic E-state index is -4.35. The zero-order valence-electron chi connectivity index (χ0n) is 17.0. The van der Waals surface area contributed by atoms with Gasteiger partial charge in [0, 0.05) is 48.7 Å². The van der Waals surface area contributed by atoms with Crippen LogP contribution in [-0.2, 0) is 11.2 Å². The highest BCUT2D eigenvalue weighted by Gasteiger charge is 2.35. The van der Waals surface area contributed by atoms with E-state index in [9.17, 15) is 22.8 Å².